The first-order valence-electron chi connectivity index (χ1n) is 3.43. The Balaban J connectivity index is 2.07. The fourth-order valence-electron chi connectivity index (χ4n) is 0.705. The molecule has 0 spiro atoms. The smallest absolute Gasteiger partial charge is 0.407 e. The molecule has 1 fully saturated rings. The predicted octanol–water partition coefficient (Wildman–Crippen LogP) is -0.168. The molecule has 0 heterocycles. The lowest BCUT2D eigenvalue weighted by Gasteiger charge is -2.01. The minimum Gasteiger partial charge on any atom is -0.450 e. The van der Waals surface area contributed by atoms with Crippen LogP contribution in [0.4, 0.5) is 4.79 Å². The van der Waals surface area contributed by atoms with Gasteiger partial charge in [0.25, 0.3) is 0 Å². The van der Waals surface area contributed by atoms with Crippen molar-refractivity contribution in [3.63, 3.8) is 0 Å². The molecule has 58 valence electrons. The lowest BCUT2D eigenvalue weighted by atomic mass is 10.6. The van der Waals surface area contributed by atoms with E-state index in [1.807, 2.05) is 0 Å². The Morgan fingerprint density at radius 3 is 2.90 bits per heavy atom. The number of hydrogen-bond acceptors (Lipinski definition) is 3. The number of carbonyl (C=O) groups excluding carboxylic acids is 1. The highest BCUT2D eigenvalue weighted by Crippen LogP contribution is 2.17. The summed E-state index contributed by atoms with van der Waals surface area (Å²) in [6.07, 6.45) is 0.513. The Kier molecular flexibility index (Phi) is 2.11. The summed E-state index contributed by atoms with van der Waals surface area (Å²) in [5, 5.41) is 2.62. The van der Waals surface area contributed by atoms with Crippen molar-refractivity contribution in [2.45, 2.75) is 25.4 Å². The number of nitrogens with one attached hydrogen (secondary N) is 1. The van der Waals surface area contributed by atoms with Crippen LogP contribution in [-0.2, 0) is 4.74 Å². The molecule has 10 heavy (non-hydrogen) atoms. The van der Waals surface area contributed by atoms with Gasteiger partial charge in [0.15, 0.2) is 0 Å². The average molecular weight is 144 g/mol. The van der Waals surface area contributed by atoms with Crippen LogP contribution in [0.5, 0.6) is 0 Å². The average Bonchev–Trinajstić information content (AvgIpc) is 2.47. The highest BCUT2D eigenvalue weighted by atomic mass is 16.5. The molecule has 0 aromatic carbocycles. The SMILES string of the molecule is CCOC(=O)NC1CC1N. The fourth-order valence-corrected chi connectivity index (χ4v) is 0.705. The van der Waals surface area contributed by atoms with E-state index in [1.54, 1.807) is 6.92 Å². The molecular weight excluding hydrogens is 132 g/mol. The zero-order valence-electron chi connectivity index (χ0n) is 5.96. The highest BCUT2D eigenvalue weighted by Gasteiger charge is 2.34. The largest absolute Gasteiger partial charge is 0.450 e. The van der Waals surface area contributed by atoms with Crippen molar-refractivity contribution >= 4 is 6.09 Å². The van der Waals surface area contributed by atoms with E-state index in [0.29, 0.717) is 6.61 Å². The summed E-state index contributed by atoms with van der Waals surface area (Å²) in [6.45, 7) is 2.18. The zero-order chi connectivity index (χ0) is 7.56. The van der Waals surface area contributed by atoms with Gasteiger partial charge in [-0.3, -0.25) is 0 Å². The molecule has 0 radical (unpaired) electrons. The van der Waals surface area contributed by atoms with Crippen molar-refractivity contribution in [3.05, 3.63) is 0 Å². The van der Waals surface area contributed by atoms with E-state index >= 15 is 0 Å². The van der Waals surface area contributed by atoms with E-state index in [0.717, 1.165) is 6.42 Å². The molecule has 1 aliphatic carbocycles. The first-order valence-corrected chi connectivity index (χ1v) is 3.43. The van der Waals surface area contributed by atoms with Crippen molar-refractivity contribution in [2.24, 2.45) is 5.73 Å². The summed E-state index contributed by atoms with van der Waals surface area (Å²) in [6, 6.07) is 0.295. The van der Waals surface area contributed by atoms with E-state index in [2.05, 4.69) is 10.1 Å². The number of alkyl carbamates (subject to hydrolysis) is 1. The number of amides is 1. The Labute approximate surface area is 59.7 Å². The van der Waals surface area contributed by atoms with Gasteiger partial charge in [0.1, 0.15) is 0 Å². The van der Waals surface area contributed by atoms with Crippen LogP contribution < -0.4 is 11.1 Å². The first-order chi connectivity index (χ1) is 4.74. The lowest BCUT2D eigenvalue weighted by molar-refractivity contribution is 0.151. The van der Waals surface area contributed by atoms with E-state index < -0.39 is 0 Å². The van der Waals surface area contributed by atoms with Crippen LogP contribution in [0.15, 0.2) is 0 Å². The molecule has 0 aromatic rings. The maximum Gasteiger partial charge on any atom is 0.407 e. The standard InChI is InChI=1S/C6H12N2O2/c1-2-10-6(9)8-5-3-4(5)7/h4-5H,2-3,7H2,1H3,(H,8,9). The lowest BCUT2D eigenvalue weighted by Crippen LogP contribution is -2.30. The Morgan fingerprint density at radius 1 is 1.90 bits per heavy atom. The number of nitrogens with two attached hydrogens (primary N) is 1. The third-order valence-electron chi connectivity index (χ3n) is 1.42. The number of rotatable bonds is 2. The molecule has 4 nitrogen and oxygen atoms in total. The summed E-state index contributed by atoms with van der Waals surface area (Å²) in [5.41, 5.74) is 5.44. The summed E-state index contributed by atoms with van der Waals surface area (Å²) in [4.78, 5) is 10.7. The van der Waals surface area contributed by atoms with Gasteiger partial charge in [-0.05, 0) is 13.3 Å². The normalized spacial score (nSPS) is 29.4. The molecular formula is C6H12N2O2. The van der Waals surface area contributed by atoms with Gasteiger partial charge in [-0.25, -0.2) is 4.79 Å². The van der Waals surface area contributed by atoms with E-state index in [9.17, 15) is 4.79 Å². The third kappa shape index (κ3) is 1.88. The van der Waals surface area contributed by atoms with Gasteiger partial charge in [0.2, 0.25) is 0 Å². The third-order valence-corrected chi connectivity index (χ3v) is 1.42. The van der Waals surface area contributed by atoms with Crippen LogP contribution in [-0.4, -0.2) is 24.8 Å². The molecule has 0 bridgehead atoms. The minimum atomic E-state index is -0.361. The highest BCUT2D eigenvalue weighted by molar-refractivity contribution is 5.68. The molecule has 1 rings (SSSR count). The van der Waals surface area contributed by atoms with E-state index in [4.69, 9.17) is 5.73 Å². The Hall–Kier alpha value is -0.770. The molecule has 0 saturated heterocycles. The Bertz CT molecular complexity index is 138. The molecule has 2 atom stereocenters. The van der Waals surface area contributed by atoms with E-state index in [-0.39, 0.29) is 18.2 Å². The van der Waals surface area contributed by atoms with Gasteiger partial charge in [0.05, 0.1) is 6.61 Å². The molecule has 4 heteroatoms. The van der Waals surface area contributed by atoms with Crippen LogP contribution in [0.25, 0.3) is 0 Å². The summed E-state index contributed by atoms with van der Waals surface area (Å²) in [5.74, 6) is 0. The molecule has 0 aliphatic heterocycles. The van der Waals surface area contributed by atoms with Crippen molar-refractivity contribution in [1.82, 2.24) is 5.32 Å². The second-order valence-corrected chi connectivity index (χ2v) is 2.37. The number of hydrogen-bond donors (Lipinski definition) is 2. The van der Waals surface area contributed by atoms with Crippen molar-refractivity contribution < 1.29 is 9.53 Å². The molecule has 1 saturated carbocycles. The van der Waals surface area contributed by atoms with Crippen molar-refractivity contribution in [3.8, 4) is 0 Å². The topological polar surface area (TPSA) is 64.3 Å². The van der Waals surface area contributed by atoms with E-state index in [1.165, 1.54) is 0 Å². The quantitative estimate of drug-likeness (QED) is 0.565. The Morgan fingerprint density at radius 2 is 2.50 bits per heavy atom. The summed E-state index contributed by atoms with van der Waals surface area (Å²) < 4.78 is 4.64. The zero-order valence-corrected chi connectivity index (χ0v) is 5.96. The molecule has 3 N–H and O–H groups in total. The fraction of sp³-hybridized carbons (Fsp3) is 0.833. The number of ether oxygens (including phenoxy) is 1. The van der Waals surface area contributed by atoms with Gasteiger partial charge in [-0.2, -0.15) is 0 Å². The van der Waals surface area contributed by atoms with Crippen molar-refractivity contribution in [1.29, 1.82) is 0 Å². The summed E-state index contributed by atoms with van der Waals surface area (Å²) >= 11 is 0. The molecule has 1 amide bonds. The van der Waals surface area contributed by atoms with Gasteiger partial charge < -0.3 is 15.8 Å². The van der Waals surface area contributed by atoms with Gasteiger partial charge >= 0.3 is 6.09 Å². The molecule has 2 unspecified atom stereocenters. The first kappa shape index (κ1) is 7.34. The minimum absolute atomic E-state index is 0.143. The maximum atomic E-state index is 10.7. The van der Waals surface area contributed by atoms with Gasteiger partial charge in [-0.15, -0.1) is 0 Å². The van der Waals surface area contributed by atoms with Gasteiger partial charge in [-0.1, -0.05) is 0 Å². The predicted molar refractivity (Wildman–Crippen MR) is 36.5 cm³/mol. The van der Waals surface area contributed by atoms with Crippen LogP contribution in [0.1, 0.15) is 13.3 Å². The monoisotopic (exact) mass is 144 g/mol. The summed E-state index contributed by atoms with van der Waals surface area (Å²) in [7, 11) is 0. The van der Waals surface area contributed by atoms with Crippen LogP contribution in [0.2, 0.25) is 0 Å². The van der Waals surface area contributed by atoms with Crippen molar-refractivity contribution in [2.75, 3.05) is 6.61 Å². The van der Waals surface area contributed by atoms with Crippen LogP contribution >= 0.6 is 0 Å². The van der Waals surface area contributed by atoms with Crippen LogP contribution in [0.3, 0.4) is 0 Å². The molecule has 1 aliphatic rings. The number of carbonyl (C=O) groups is 1. The second-order valence-electron chi connectivity index (χ2n) is 2.37. The van der Waals surface area contributed by atoms with Crippen LogP contribution in [0, 0.1) is 0 Å². The second kappa shape index (κ2) is 2.88. The maximum absolute atomic E-state index is 10.7. The van der Waals surface area contributed by atoms with Gasteiger partial charge in [0, 0.05) is 12.1 Å². The molecule has 0 aromatic heterocycles.